The third-order valence-electron chi connectivity index (χ3n) is 2.62. The molecule has 1 heteroatoms. The van der Waals surface area contributed by atoms with Crippen LogP contribution >= 0.6 is 0 Å². The first-order chi connectivity index (χ1) is 7.61. The van der Waals surface area contributed by atoms with Crippen LogP contribution < -0.4 is 0 Å². The molecule has 0 aromatic heterocycles. The Morgan fingerprint density at radius 2 is 1.69 bits per heavy atom. The van der Waals surface area contributed by atoms with Crippen LogP contribution in [-0.2, 0) is 4.79 Å². The summed E-state index contributed by atoms with van der Waals surface area (Å²) in [5, 5.41) is 0. The van der Waals surface area contributed by atoms with E-state index < -0.39 is 0 Å². The van der Waals surface area contributed by atoms with Crippen LogP contribution in [0.15, 0.2) is 48.1 Å². The largest absolute Gasteiger partial charge is 0.298 e. The summed E-state index contributed by atoms with van der Waals surface area (Å²) in [7, 11) is 0. The lowest BCUT2D eigenvalue weighted by molar-refractivity contribution is -0.104. The number of hydrogen-bond donors (Lipinski definition) is 0. The first-order valence-electron chi connectivity index (χ1n) is 5.68. The predicted octanol–water partition coefficient (Wildman–Crippen LogP) is 4.38. The molecule has 0 bridgehead atoms. The number of allylic oxidation sites excluding steroid dienone is 6. The van der Waals surface area contributed by atoms with Crippen molar-refractivity contribution in [3.8, 4) is 0 Å². The van der Waals surface area contributed by atoms with Crippen LogP contribution in [0.1, 0.15) is 39.5 Å². The Hall–Kier alpha value is -1.37. The van der Waals surface area contributed by atoms with Gasteiger partial charge >= 0.3 is 0 Å². The van der Waals surface area contributed by atoms with E-state index in [9.17, 15) is 4.79 Å². The van der Waals surface area contributed by atoms with Gasteiger partial charge in [0.05, 0.1) is 0 Å². The zero-order valence-corrected chi connectivity index (χ0v) is 10.5. The normalized spacial score (nSPS) is 12.4. The maximum Gasteiger partial charge on any atom is 0.145 e. The lowest BCUT2D eigenvalue weighted by Gasteiger charge is -1.99. The monoisotopic (exact) mass is 218 g/mol. The minimum Gasteiger partial charge on any atom is -0.298 e. The Morgan fingerprint density at radius 3 is 2.19 bits per heavy atom. The summed E-state index contributed by atoms with van der Waals surface area (Å²) < 4.78 is 0. The van der Waals surface area contributed by atoms with Gasteiger partial charge in [-0.3, -0.25) is 4.79 Å². The highest BCUT2D eigenvalue weighted by molar-refractivity contribution is 5.73. The molecule has 0 radical (unpaired) electrons. The van der Waals surface area contributed by atoms with Crippen molar-refractivity contribution in [1.29, 1.82) is 0 Å². The van der Waals surface area contributed by atoms with Gasteiger partial charge in [-0.2, -0.15) is 0 Å². The van der Waals surface area contributed by atoms with Crippen LogP contribution in [0.5, 0.6) is 0 Å². The zero-order chi connectivity index (χ0) is 12.4. The van der Waals surface area contributed by atoms with Gasteiger partial charge in [0.1, 0.15) is 6.29 Å². The van der Waals surface area contributed by atoms with Gasteiger partial charge in [0.15, 0.2) is 0 Å². The third kappa shape index (κ3) is 6.99. The summed E-state index contributed by atoms with van der Waals surface area (Å²) in [5.74, 6) is 0. The molecule has 88 valence electrons. The molecule has 0 heterocycles. The average molecular weight is 218 g/mol. The number of aldehydes is 1. The Kier molecular flexibility index (Phi) is 8.14. The van der Waals surface area contributed by atoms with Gasteiger partial charge in [0.2, 0.25) is 0 Å². The van der Waals surface area contributed by atoms with E-state index >= 15 is 0 Å². The second-order valence-electron chi connectivity index (χ2n) is 3.99. The zero-order valence-electron chi connectivity index (χ0n) is 10.5. The van der Waals surface area contributed by atoms with E-state index in [1.807, 2.05) is 13.8 Å². The Bertz CT molecular complexity index is 305. The van der Waals surface area contributed by atoms with E-state index in [0.29, 0.717) is 0 Å². The van der Waals surface area contributed by atoms with E-state index in [4.69, 9.17) is 0 Å². The van der Waals surface area contributed by atoms with Crippen molar-refractivity contribution in [3.05, 3.63) is 48.1 Å². The highest BCUT2D eigenvalue weighted by Gasteiger charge is 1.93. The molecule has 0 N–H and O–H groups in total. The molecule has 0 rings (SSSR count). The molecule has 1 nitrogen and oxygen atoms in total. The Morgan fingerprint density at radius 1 is 1.12 bits per heavy atom. The Labute approximate surface area is 99.3 Å². The molecule has 0 aliphatic rings. The average Bonchev–Trinajstić information content (AvgIpc) is 2.31. The summed E-state index contributed by atoms with van der Waals surface area (Å²) in [6, 6.07) is 0. The number of hydrogen-bond acceptors (Lipinski definition) is 1. The maximum atomic E-state index is 10.5. The predicted molar refractivity (Wildman–Crippen MR) is 71.4 cm³/mol. The lowest BCUT2D eigenvalue weighted by Crippen LogP contribution is -1.85. The molecule has 0 saturated carbocycles. The molecule has 0 atom stereocenters. The van der Waals surface area contributed by atoms with Gasteiger partial charge in [-0.25, -0.2) is 0 Å². The van der Waals surface area contributed by atoms with Gasteiger partial charge in [-0.05, 0) is 45.1 Å². The first kappa shape index (κ1) is 14.6. The molecular weight excluding hydrogens is 196 g/mol. The minimum absolute atomic E-state index is 0.855. The SMILES string of the molecule is C=CC(=C)CCC=CCCC(C)=C(C)C=O. The molecule has 0 aromatic carbocycles. The molecule has 0 aliphatic heterocycles. The first-order valence-corrected chi connectivity index (χ1v) is 5.68. The van der Waals surface area contributed by atoms with Gasteiger partial charge in [-0.1, -0.05) is 42.5 Å². The highest BCUT2D eigenvalue weighted by atomic mass is 16.1. The van der Waals surface area contributed by atoms with Gasteiger partial charge in [-0.15, -0.1) is 0 Å². The molecule has 0 saturated heterocycles. The van der Waals surface area contributed by atoms with Crippen LogP contribution in [0, 0.1) is 0 Å². The second-order valence-corrected chi connectivity index (χ2v) is 3.99. The van der Waals surface area contributed by atoms with Crippen molar-refractivity contribution in [1.82, 2.24) is 0 Å². The summed E-state index contributed by atoms with van der Waals surface area (Å²) in [6.45, 7) is 11.4. The highest BCUT2D eigenvalue weighted by Crippen LogP contribution is 2.10. The summed E-state index contributed by atoms with van der Waals surface area (Å²) in [5.41, 5.74) is 3.11. The molecule has 0 aromatic rings. The molecule has 0 aliphatic carbocycles. The quantitative estimate of drug-likeness (QED) is 0.256. The van der Waals surface area contributed by atoms with E-state index in [1.165, 1.54) is 5.57 Å². The minimum atomic E-state index is 0.855. The number of rotatable bonds is 8. The van der Waals surface area contributed by atoms with Crippen molar-refractivity contribution in [2.45, 2.75) is 39.5 Å². The van der Waals surface area contributed by atoms with E-state index in [0.717, 1.165) is 43.1 Å². The molecular formula is C15H22O. The fraction of sp³-hybridized carbons (Fsp3) is 0.400. The third-order valence-corrected chi connectivity index (χ3v) is 2.62. The number of carbonyl (C=O) groups is 1. The van der Waals surface area contributed by atoms with Crippen LogP contribution in [0.25, 0.3) is 0 Å². The van der Waals surface area contributed by atoms with E-state index in [1.54, 1.807) is 6.08 Å². The molecule has 0 unspecified atom stereocenters. The molecule has 0 spiro atoms. The van der Waals surface area contributed by atoms with Crippen molar-refractivity contribution in [2.75, 3.05) is 0 Å². The van der Waals surface area contributed by atoms with Gasteiger partial charge in [0, 0.05) is 0 Å². The summed E-state index contributed by atoms with van der Waals surface area (Å²) in [6.07, 6.45) is 11.0. The van der Waals surface area contributed by atoms with Crippen molar-refractivity contribution >= 4 is 6.29 Å². The lowest BCUT2D eigenvalue weighted by atomic mass is 10.1. The molecule has 16 heavy (non-hydrogen) atoms. The van der Waals surface area contributed by atoms with Gasteiger partial charge < -0.3 is 0 Å². The van der Waals surface area contributed by atoms with Crippen molar-refractivity contribution in [3.63, 3.8) is 0 Å². The summed E-state index contributed by atoms with van der Waals surface area (Å²) in [4.78, 5) is 10.5. The molecule has 0 amide bonds. The maximum absolute atomic E-state index is 10.5. The topological polar surface area (TPSA) is 17.1 Å². The van der Waals surface area contributed by atoms with E-state index in [-0.39, 0.29) is 0 Å². The number of carbonyl (C=O) groups excluding carboxylic acids is 1. The van der Waals surface area contributed by atoms with E-state index in [2.05, 4.69) is 25.3 Å². The molecule has 0 fully saturated rings. The summed E-state index contributed by atoms with van der Waals surface area (Å²) >= 11 is 0. The van der Waals surface area contributed by atoms with Crippen molar-refractivity contribution in [2.24, 2.45) is 0 Å². The smallest absolute Gasteiger partial charge is 0.145 e. The standard InChI is InChI=1S/C15H22O/c1-5-13(2)10-8-6-7-9-11-14(3)15(4)12-16/h5-7,12H,1-2,8-11H2,3-4H3. The van der Waals surface area contributed by atoms with Crippen LogP contribution in [0.2, 0.25) is 0 Å². The second kappa shape index (κ2) is 8.90. The fourth-order valence-electron chi connectivity index (χ4n) is 1.20. The van der Waals surface area contributed by atoms with Crippen LogP contribution in [0.3, 0.4) is 0 Å². The van der Waals surface area contributed by atoms with Crippen molar-refractivity contribution < 1.29 is 4.79 Å². The Balaban J connectivity index is 3.74. The van der Waals surface area contributed by atoms with Crippen LogP contribution in [0.4, 0.5) is 0 Å². The van der Waals surface area contributed by atoms with Gasteiger partial charge in [0.25, 0.3) is 0 Å². The van der Waals surface area contributed by atoms with Crippen LogP contribution in [-0.4, -0.2) is 6.29 Å². The fourth-order valence-corrected chi connectivity index (χ4v) is 1.20.